The van der Waals surface area contributed by atoms with Gasteiger partial charge in [-0.1, -0.05) is 30.8 Å². The maximum Gasteiger partial charge on any atom is 0.227 e. The number of carbonyl (C=O) groups excluding carboxylic acids is 1. The third kappa shape index (κ3) is 3.78. The van der Waals surface area contributed by atoms with Crippen LogP contribution in [0.5, 0.6) is 0 Å². The van der Waals surface area contributed by atoms with E-state index in [0.717, 1.165) is 5.56 Å². The van der Waals surface area contributed by atoms with E-state index in [1.54, 1.807) is 11.3 Å². The normalized spacial score (nSPS) is 18.9. The average Bonchev–Trinajstić information content (AvgIpc) is 3.41. The highest BCUT2D eigenvalue weighted by Crippen LogP contribution is 2.32. The Morgan fingerprint density at radius 2 is 1.84 bits per heavy atom. The summed E-state index contributed by atoms with van der Waals surface area (Å²) in [5, 5.41) is 8.03. The van der Waals surface area contributed by atoms with Gasteiger partial charge in [-0.3, -0.25) is 4.79 Å². The fraction of sp³-hybridized carbons (Fsp3) is 0.632. The van der Waals surface area contributed by atoms with E-state index in [-0.39, 0.29) is 5.91 Å². The Balaban J connectivity index is 1.39. The Kier molecular flexibility index (Phi) is 5.15. The zero-order valence-corrected chi connectivity index (χ0v) is 15.3. The van der Waals surface area contributed by atoms with E-state index < -0.39 is 0 Å². The molecule has 2 fully saturated rings. The van der Waals surface area contributed by atoms with E-state index in [2.05, 4.69) is 15.0 Å². The van der Waals surface area contributed by atoms with Crippen molar-refractivity contribution < 1.29 is 9.32 Å². The minimum absolute atomic E-state index is 0.272. The number of aryl methyl sites for hydroxylation is 1. The predicted molar refractivity (Wildman–Crippen MR) is 97.3 cm³/mol. The third-order valence-corrected chi connectivity index (χ3v) is 6.21. The summed E-state index contributed by atoms with van der Waals surface area (Å²) >= 11 is 1.61. The fourth-order valence-corrected chi connectivity index (χ4v) is 4.91. The van der Waals surface area contributed by atoms with Gasteiger partial charge in [0.2, 0.25) is 17.6 Å². The Hall–Kier alpha value is -1.69. The second kappa shape index (κ2) is 7.68. The molecule has 25 heavy (non-hydrogen) atoms. The van der Waals surface area contributed by atoms with Crippen molar-refractivity contribution in [2.75, 3.05) is 0 Å². The van der Waals surface area contributed by atoms with Gasteiger partial charge in [-0.25, -0.2) is 0 Å². The molecular formula is C19H25N3O2S. The molecule has 4 rings (SSSR count). The first-order valence-electron chi connectivity index (χ1n) is 9.47. The van der Waals surface area contributed by atoms with Crippen molar-refractivity contribution in [3.8, 4) is 11.4 Å². The molecule has 1 amide bonds. The lowest BCUT2D eigenvalue weighted by Gasteiger charge is -2.34. The first-order valence-corrected chi connectivity index (χ1v) is 10.4. The molecule has 5 nitrogen and oxygen atoms in total. The Morgan fingerprint density at radius 1 is 1.16 bits per heavy atom. The van der Waals surface area contributed by atoms with Gasteiger partial charge < -0.3 is 9.42 Å². The molecule has 0 bridgehead atoms. The molecule has 2 aromatic rings. The van der Waals surface area contributed by atoms with Crippen molar-refractivity contribution in [2.45, 2.75) is 76.3 Å². The summed E-state index contributed by atoms with van der Waals surface area (Å²) in [5.74, 6) is 1.45. The van der Waals surface area contributed by atoms with Crippen LogP contribution in [0, 0.1) is 0 Å². The molecule has 2 saturated carbocycles. The number of carbonyl (C=O) groups is 1. The van der Waals surface area contributed by atoms with Gasteiger partial charge in [-0.15, -0.1) is 0 Å². The summed E-state index contributed by atoms with van der Waals surface area (Å²) in [6, 6.07) is 2.89. The zero-order valence-electron chi connectivity index (χ0n) is 14.5. The molecule has 0 aromatic carbocycles. The lowest BCUT2D eigenvalue weighted by molar-refractivity contribution is -0.136. The van der Waals surface area contributed by atoms with Crippen LogP contribution in [-0.4, -0.2) is 33.0 Å². The molecular weight excluding hydrogens is 334 g/mol. The van der Waals surface area contributed by atoms with E-state index >= 15 is 0 Å². The fourth-order valence-electron chi connectivity index (χ4n) is 4.28. The number of aromatic nitrogens is 2. The minimum atomic E-state index is 0.272. The zero-order chi connectivity index (χ0) is 17.1. The van der Waals surface area contributed by atoms with Gasteiger partial charge in [0.05, 0.1) is 0 Å². The molecule has 0 unspecified atom stereocenters. The molecule has 0 aliphatic heterocycles. The number of nitrogens with zero attached hydrogens (tertiary/aromatic N) is 3. The van der Waals surface area contributed by atoms with Crippen LogP contribution in [0.4, 0.5) is 0 Å². The van der Waals surface area contributed by atoms with E-state index in [1.165, 1.54) is 51.4 Å². The summed E-state index contributed by atoms with van der Waals surface area (Å²) < 4.78 is 5.34. The van der Waals surface area contributed by atoms with Crippen LogP contribution >= 0.6 is 11.3 Å². The van der Waals surface area contributed by atoms with Crippen molar-refractivity contribution in [3.63, 3.8) is 0 Å². The van der Waals surface area contributed by atoms with Crippen LogP contribution in [-0.2, 0) is 11.2 Å². The summed E-state index contributed by atoms with van der Waals surface area (Å²) in [6.45, 7) is 0. The topological polar surface area (TPSA) is 59.2 Å². The Morgan fingerprint density at radius 3 is 2.44 bits per heavy atom. The van der Waals surface area contributed by atoms with Crippen molar-refractivity contribution in [3.05, 3.63) is 22.7 Å². The van der Waals surface area contributed by atoms with Crippen LogP contribution in [0.15, 0.2) is 21.3 Å². The van der Waals surface area contributed by atoms with E-state index in [9.17, 15) is 4.79 Å². The molecule has 2 aromatic heterocycles. The SMILES string of the molecule is O=C(CCc1nc(-c2ccsc2)no1)N(C1CCCC1)C1CCCC1. The molecule has 6 heteroatoms. The number of rotatable bonds is 6. The Labute approximate surface area is 152 Å². The predicted octanol–water partition coefficient (Wildman–Crippen LogP) is 4.44. The lowest BCUT2D eigenvalue weighted by Crippen LogP contribution is -2.45. The van der Waals surface area contributed by atoms with Crippen molar-refractivity contribution in [1.82, 2.24) is 15.0 Å². The average molecular weight is 359 g/mol. The maximum atomic E-state index is 13.0. The van der Waals surface area contributed by atoms with Gasteiger partial charge in [-0.05, 0) is 37.1 Å². The summed E-state index contributed by atoms with van der Waals surface area (Å²) in [7, 11) is 0. The van der Waals surface area contributed by atoms with Gasteiger partial charge in [-0.2, -0.15) is 16.3 Å². The molecule has 0 spiro atoms. The highest BCUT2D eigenvalue weighted by molar-refractivity contribution is 7.08. The van der Waals surface area contributed by atoms with Crippen molar-refractivity contribution >= 4 is 17.2 Å². The van der Waals surface area contributed by atoms with E-state index in [1.807, 2.05) is 16.8 Å². The molecule has 134 valence electrons. The second-order valence-corrected chi connectivity index (χ2v) is 7.98. The number of amides is 1. The van der Waals surface area contributed by atoms with Crippen molar-refractivity contribution in [1.29, 1.82) is 0 Å². The highest BCUT2D eigenvalue weighted by Gasteiger charge is 2.33. The van der Waals surface area contributed by atoms with Gasteiger partial charge in [0.15, 0.2) is 0 Å². The largest absolute Gasteiger partial charge is 0.339 e. The van der Waals surface area contributed by atoms with Crippen LogP contribution in [0.2, 0.25) is 0 Å². The maximum absolute atomic E-state index is 13.0. The first-order chi connectivity index (χ1) is 12.3. The molecule has 0 N–H and O–H groups in total. The molecule has 2 heterocycles. The van der Waals surface area contributed by atoms with Crippen molar-refractivity contribution in [2.24, 2.45) is 0 Å². The monoisotopic (exact) mass is 359 g/mol. The van der Waals surface area contributed by atoms with Gasteiger partial charge in [0, 0.05) is 35.9 Å². The van der Waals surface area contributed by atoms with E-state index in [4.69, 9.17) is 4.52 Å². The summed E-state index contributed by atoms with van der Waals surface area (Å²) in [6.07, 6.45) is 10.7. The van der Waals surface area contributed by atoms with Gasteiger partial charge in [0.1, 0.15) is 0 Å². The van der Waals surface area contributed by atoms with Gasteiger partial charge in [0.25, 0.3) is 0 Å². The van der Waals surface area contributed by atoms with Crippen LogP contribution in [0.3, 0.4) is 0 Å². The smallest absolute Gasteiger partial charge is 0.227 e. The molecule has 0 saturated heterocycles. The third-order valence-electron chi connectivity index (χ3n) is 5.52. The molecule has 2 aliphatic carbocycles. The van der Waals surface area contributed by atoms with E-state index in [0.29, 0.717) is 36.6 Å². The summed E-state index contributed by atoms with van der Waals surface area (Å²) in [4.78, 5) is 19.6. The van der Waals surface area contributed by atoms with Crippen LogP contribution in [0.25, 0.3) is 11.4 Å². The summed E-state index contributed by atoms with van der Waals surface area (Å²) in [5.41, 5.74) is 0.977. The minimum Gasteiger partial charge on any atom is -0.339 e. The highest BCUT2D eigenvalue weighted by atomic mass is 32.1. The van der Waals surface area contributed by atoms with Gasteiger partial charge >= 0.3 is 0 Å². The number of hydrogen-bond acceptors (Lipinski definition) is 5. The lowest BCUT2D eigenvalue weighted by atomic mass is 10.1. The second-order valence-electron chi connectivity index (χ2n) is 7.20. The standard InChI is InChI=1S/C19H25N3O2S/c23-18(22(15-5-1-2-6-15)16-7-3-4-8-16)10-9-17-20-19(21-24-17)14-11-12-25-13-14/h11-13,15-16H,1-10H2. The molecule has 2 aliphatic rings. The molecule has 0 atom stereocenters. The van der Waals surface area contributed by atoms with Crippen LogP contribution in [0.1, 0.15) is 63.7 Å². The Bertz CT molecular complexity index is 669. The number of thiophene rings is 1. The molecule has 0 radical (unpaired) electrons. The first kappa shape index (κ1) is 16.8. The quantitative estimate of drug-likeness (QED) is 0.765. The number of hydrogen-bond donors (Lipinski definition) is 0. The van der Waals surface area contributed by atoms with Crippen LogP contribution < -0.4 is 0 Å².